The van der Waals surface area contributed by atoms with Crippen LogP contribution in [0.25, 0.3) is 0 Å². The van der Waals surface area contributed by atoms with Gasteiger partial charge in [0.05, 0.1) is 19.6 Å². The van der Waals surface area contributed by atoms with Crippen LogP contribution in [-0.2, 0) is 16.9 Å². The second-order valence-electron chi connectivity index (χ2n) is 2.96. The molecule has 1 atom stereocenters. The Hall–Kier alpha value is -0.970. The molecule has 1 rings (SSSR count). The predicted octanol–water partition coefficient (Wildman–Crippen LogP) is 3.11. The first-order valence-electron chi connectivity index (χ1n) is 3.89. The first-order valence-corrected chi connectivity index (χ1v) is 4.94. The van der Waals surface area contributed by atoms with E-state index in [9.17, 15) is 30.9 Å². The van der Waals surface area contributed by atoms with Gasteiger partial charge in [0.15, 0.2) is 0 Å². The van der Waals surface area contributed by atoms with E-state index in [0.29, 0.717) is 12.1 Å². The van der Waals surface area contributed by atoms with E-state index < -0.39 is 37.2 Å². The van der Waals surface area contributed by atoms with Gasteiger partial charge in [-0.05, 0) is 18.2 Å². The van der Waals surface area contributed by atoms with Crippen molar-refractivity contribution in [2.45, 2.75) is 12.4 Å². The summed E-state index contributed by atoms with van der Waals surface area (Å²) in [5, 5.41) is -0.456. The van der Waals surface area contributed by atoms with Crippen LogP contribution in [0.2, 0.25) is 0 Å². The monoisotopic (exact) mass is 262 g/mol. The van der Waals surface area contributed by atoms with Gasteiger partial charge in [0.1, 0.15) is 0 Å². The molecule has 0 bridgehead atoms. The number of alkyl halides is 6. The molecular formula is C8H5F6OP. The first-order chi connectivity index (χ1) is 7.14. The molecule has 0 radical (unpaired) electrons. The van der Waals surface area contributed by atoms with Crippen molar-refractivity contribution in [3.8, 4) is 0 Å². The Bertz CT molecular complexity index is 376. The van der Waals surface area contributed by atoms with Gasteiger partial charge in [-0.25, -0.2) is 0 Å². The van der Waals surface area contributed by atoms with E-state index in [2.05, 4.69) is 0 Å². The van der Waals surface area contributed by atoms with E-state index in [4.69, 9.17) is 0 Å². The van der Waals surface area contributed by atoms with E-state index in [-0.39, 0.29) is 6.07 Å². The second kappa shape index (κ2) is 4.13. The zero-order valence-corrected chi connectivity index (χ0v) is 8.64. The second-order valence-corrected chi connectivity index (χ2v) is 3.86. The van der Waals surface area contributed by atoms with Crippen LogP contribution >= 0.6 is 8.46 Å². The van der Waals surface area contributed by atoms with Gasteiger partial charge in [-0.15, -0.1) is 0 Å². The normalized spacial score (nSPS) is 13.6. The van der Waals surface area contributed by atoms with Crippen LogP contribution in [0.4, 0.5) is 26.3 Å². The number of hydrogen-bond acceptors (Lipinski definition) is 1. The molecule has 0 aliphatic rings. The average molecular weight is 262 g/mol. The Morgan fingerprint density at radius 2 is 1.19 bits per heavy atom. The summed E-state index contributed by atoms with van der Waals surface area (Å²) in [5.41, 5.74) is -2.89. The Morgan fingerprint density at radius 3 is 1.44 bits per heavy atom. The molecule has 0 saturated heterocycles. The van der Waals surface area contributed by atoms with Gasteiger partial charge in [-0.2, -0.15) is 26.3 Å². The van der Waals surface area contributed by atoms with Crippen LogP contribution in [0.3, 0.4) is 0 Å². The summed E-state index contributed by atoms with van der Waals surface area (Å²) in [6.45, 7) is 0. The minimum atomic E-state index is -4.88. The minimum absolute atomic E-state index is 0.00139. The van der Waals surface area contributed by atoms with Crippen molar-refractivity contribution >= 4 is 13.8 Å². The molecule has 1 aromatic rings. The molecule has 0 spiro atoms. The van der Waals surface area contributed by atoms with Crippen molar-refractivity contribution in [1.82, 2.24) is 0 Å². The zero-order valence-electron chi connectivity index (χ0n) is 7.49. The molecule has 0 saturated carbocycles. The largest absolute Gasteiger partial charge is 0.416 e. The first kappa shape index (κ1) is 13.1. The van der Waals surface area contributed by atoms with Crippen LogP contribution < -0.4 is 5.30 Å². The third kappa shape index (κ3) is 3.01. The van der Waals surface area contributed by atoms with Gasteiger partial charge in [0.2, 0.25) is 0 Å². The molecular weight excluding hydrogens is 257 g/mol. The topological polar surface area (TPSA) is 17.1 Å². The van der Waals surface area contributed by atoms with Gasteiger partial charge in [-0.1, -0.05) is 0 Å². The van der Waals surface area contributed by atoms with Gasteiger partial charge in [0, 0.05) is 5.30 Å². The van der Waals surface area contributed by atoms with Crippen LogP contribution in [0.15, 0.2) is 18.2 Å². The fourth-order valence-electron chi connectivity index (χ4n) is 1.05. The maximum Gasteiger partial charge on any atom is 0.416 e. The summed E-state index contributed by atoms with van der Waals surface area (Å²) in [6.07, 6.45) is -9.77. The molecule has 0 heterocycles. The molecule has 16 heavy (non-hydrogen) atoms. The van der Waals surface area contributed by atoms with Crippen LogP contribution in [0.1, 0.15) is 11.1 Å². The summed E-state index contributed by atoms with van der Waals surface area (Å²) in [5.74, 6) is 0. The third-order valence-electron chi connectivity index (χ3n) is 1.75. The van der Waals surface area contributed by atoms with Gasteiger partial charge in [-0.3, -0.25) is 0 Å². The average Bonchev–Trinajstić information content (AvgIpc) is 2.14. The fourth-order valence-corrected chi connectivity index (χ4v) is 1.54. The predicted molar refractivity (Wildman–Crippen MR) is 46.5 cm³/mol. The number of rotatable bonds is 1. The lowest BCUT2D eigenvalue weighted by Gasteiger charge is -2.12. The molecule has 1 unspecified atom stereocenters. The van der Waals surface area contributed by atoms with Crippen molar-refractivity contribution in [2.24, 2.45) is 0 Å². The Labute approximate surface area is 87.3 Å². The zero-order chi connectivity index (χ0) is 12.6. The van der Waals surface area contributed by atoms with Crippen molar-refractivity contribution in [3.63, 3.8) is 0 Å². The van der Waals surface area contributed by atoms with E-state index in [1.165, 1.54) is 0 Å². The van der Waals surface area contributed by atoms with Gasteiger partial charge in [0.25, 0.3) is 0 Å². The summed E-state index contributed by atoms with van der Waals surface area (Å²) in [6, 6.07) is 0.910. The van der Waals surface area contributed by atoms with Crippen molar-refractivity contribution < 1.29 is 30.9 Å². The summed E-state index contributed by atoms with van der Waals surface area (Å²) in [7, 11) is -1.84. The lowest BCUT2D eigenvalue weighted by atomic mass is 10.1. The van der Waals surface area contributed by atoms with Crippen molar-refractivity contribution in [2.75, 3.05) is 0 Å². The lowest BCUT2D eigenvalue weighted by molar-refractivity contribution is -0.142. The van der Waals surface area contributed by atoms with Gasteiger partial charge < -0.3 is 4.57 Å². The molecule has 1 aromatic carbocycles. The molecule has 0 aliphatic carbocycles. The Kier molecular flexibility index (Phi) is 3.38. The molecule has 1 nitrogen and oxygen atoms in total. The minimum Gasteiger partial charge on any atom is -0.325 e. The number of hydrogen-bond donors (Lipinski definition) is 0. The quantitative estimate of drug-likeness (QED) is 0.561. The summed E-state index contributed by atoms with van der Waals surface area (Å²) >= 11 is 0. The smallest absolute Gasteiger partial charge is 0.325 e. The molecule has 0 aliphatic heterocycles. The van der Waals surface area contributed by atoms with Crippen LogP contribution in [0.5, 0.6) is 0 Å². The highest BCUT2D eigenvalue weighted by Crippen LogP contribution is 2.35. The summed E-state index contributed by atoms with van der Waals surface area (Å²) < 4.78 is 83.7. The molecule has 8 heteroatoms. The molecule has 0 amide bonds. The standard InChI is InChI=1S/C8H5F6OP/c9-7(10,11)4-1-5(8(12,13)14)3-6(2-4)16-15/h1-3H,16H2. The van der Waals surface area contributed by atoms with Crippen molar-refractivity contribution in [1.29, 1.82) is 0 Å². The van der Waals surface area contributed by atoms with Crippen LogP contribution in [0, 0.1) is 0 Å². The maximum atomic E-state index is 12.2. The molecule has 90 valence electrons. The van der Waals surface area contributed by atoms with E-state index in [0.717, 1.165) is 0 Å². The molecule has 0 N–H and O–H groups in total. The van der Waals surface area contributed by atoms with Gasteiger partial charge >= 0.3 is 12.4 Å². The molecule has 0 aromatic heterocycles. The number of benzene rings is 1. The van der Waals surface area contributed by atoms with E-state index in [1.807, 2.05) is 0 Å². The van der Waals surface area contributed by atoms with Crippen molar-refractivity contribution in [3.05, 3.63) is 29.3 Å². The summed E-state index contributed by atoms with van der Waals surface area (Å²) in [4.78, 5) is 0. The third-order valence-corrected chi connectivity index (χ3v) is 2.35. The number of halogens is 6. The highest BCUT2D eigenvalue weighted by Gasteiger charge is 2.36. The van der Waals surface area contributed by atoms with E-state index >= 15 is 0 Å². The highest BCUT2D eigenvalue weighted by molar-refractivity contribution is 7.34. The Balaban J connectivity index is 3.39. The fraction of sp³-hybridized carbons (Fsp3) is 0.250. The maximum absolute atomic E-state index is 12.2. The van der Waals surface area contributed by atoms with E-state index in [1.54, 1.807) is 0 Å². The Morgan fingerprint density at radius 1 is 0.812 bits per heavy atom. The lowest BCUT2D eigenvalue weighted by Crippen LogP contribution is -2.14. The highest BCUT2D eigenvalue weighted by atomic mass is 31.1. The SMILES string of the molecule is O=[PH2]c1cc(C(F)(F)F)cc(C(F)(F)F)c1. The molecule has 0 fully saturated rings. The van der Waals surface area contributed by atoms with Crippen LogP contribution in [-0.4, -0.2) is 0 Å².